The second kappa shape index (κ2) is 10.2. The molecule has 4 rings (SSSR count). The highest BCUT2D eigenvalue weighted by Gasteiger charge is 2.37. The third-order valence-electron chi connectivity index (χ3n) is 7.83. The molecule has 0 amide bonds. The average molecular weight is 486 g/mol. The topological polar surface area (TPSA) is 19.9 Å². The van der Waals surface area contributed by atoms with Crippen molar-refractivity contribution < 1.29 is 5.32 Å². The molecule has 2 N–H and O–H groups in total. The number of quaternary nitrogens is 1. The van der Waals surface area contributed by atoms with Gasteiger partial charge in [-0.3, -0.25) is 0 Å². The normalized spacial score (nSPS) is 20.4. The molecule has 1 aliphatic heterocycles. The molecule has 0 radical (unpaired) electrons. The highest BCUT2D eigenvalue weighted by atomic mass is 32.1. The Balaban J connectivity index is 1.55. The van der Waals surface area contributed by atoms with Gasteiger partial charge < -0.3 is 10.2 Å². The monoisotopic (exact) mass is 485 g/mol. The smallest absolute Gasteiger partial charge is 0.133 e. The van der Waals surface area contributed by atoms with Gasteiger partial charge in [-0.15, -0.1) is 12.6 Å². The summed E-state index contributed by atoms with van der Waals surface area (Å²) in [5.41, 5.74) is 9.57. The number of hydrogen-bond acceptors (Lipinski definition) is 2. The molecule has 2 aromatic carbocycles. The molecule has 1 aliphatic carbocycles. The minimum absolute atomic E-state index is 0.00191. The summed E-state index contributed by atoms with van der Waals surface area (Å²) in [7, 11) is 4.30. The Morgan fingerprint density at radius 2 is 1.74 bits per heavy atom. The zero-order valence-electron chi connectivity index (χ0n) is 22.2. The Labute approximate surface area is 217 Å². The van der Waals surface area contributed by atoms with Gasteiger partial charge in [-0.2, -0.15) is 0 Å². The standard InChI is InChI=1S/C32H40N2S/c1-31(2,25-16-7-9-18-27(25)33-5)22-12-15-23-13-11-14-24(30(23)35)20-21-29-32(3,4)26-17-8-10-19-28(26)34(29)6/h7-10,12,15-21,33,35H,11,13-14,22H2,1-6H3/p+1. The summed E-state index contributed by atoms with van der Waals surface area (Å²) in [6.45, 7) is 9.32. The SMILES string of the molecule is C[NH2+]c1ccccc1C(C)(C)CC=CC1=C(S)C(=CC=C2N(C)c3ccccc3C2(C)C)CCC1. The zero-order chi connectivity index (χ0) is 25.2. The summed E-state index contributed by atoms with van der Waals surface area (Å²) in [6, 6.07) is 17.5. The number of nitrogens with zero attached hydrogens (tertiary/aromatic N) is 1. The lowest BCUT2D eigenvalue weighted by Gasteiger charge is -2.25. The van der Waals surface area contributed by atoms with Crippen LogP contribution in [-0.4, -0.2) is 14.1 Å². The molecule has 0 unspecified atom stereocenters. The number of likely N-dealkylation sites (N-methyl/N-ethyl adjacent to an activating group) is 1. The summed E-state index contributed by atoms with van der Waals surface area (Å²) in [5, 5.41) is 2.21. The van der Waals surface area contributed by atoms with E-state index in [-0.39, 0.29) is 10.8 Å². The fourth-order valence-electron chi connectivity index (χ4n) is 5.69. The summed E-state index contributed by atoms with van der Waals surface area (Å²) in [6.07, 6.45) is 13.7. The molecule has 0 spiro atoms. The van der Waals surface area contributed by atoms with Crippen molar-refractivity contribution in [3.63, 3.8) is 0 Å². The molecule has 0 saturated carbocycles. The van der Waals surface area contributed by atoms with E-state index >= 15 is 0 Å². The lowest BCUT2D eigenvalue weighted by molar-refractivity contribution is -0.540. The quantitative estimate of drug-likeness (QED) is 0.324. The van der Waals surface area contributed by atoms with Crippen LogP contribution in [0.4, 0.5) is 11.4 Å². The van der Waals surface area contributed by atoms with Crippen LogP contribution in [0.3, 0.4) is 0 Å². The van der Waals surface area contributed by atoms with Gasteiger partial charge in [-0.1, -0.05) is 82.3 Å². The number of rotatable bonds is 6. The van der Waals surface area contributed by atoms with Gasteiger partial charge in [0.05, 0.1) is 7.05 Å². The predicted molar refractivity (Wildman–Crippen MR) is 155 cm³/mol. The predicted octanol–water partition coefficient (Wildman–Crippen LogP) is 7.34. The van der Waals surface area contributed by atoms with Crippen molar-refractivity contribution in [3.8, 4) is 0 Å². The van der Waals surface area contributed by atoms with Gasteiger partial charge >= 0.3 is 0 Å². The zero-order valence-corrected chi connectivity index (χ0v) is 23.1. The van der Waals surface area contributed by atoms with E-state index in [2.05, 4.69) is 125 Å². The number of anilines is 1. The number of para-hydroxylation sites is 2. The highest BCUT2D eigenvalue weighted by molar-refractivity contribution is 7.84. The van der Waals surface area contributed by atoms with Crippen LogP contribution >= 0.6 is 12.6 Å². The second-order valence-electron chi connectivity index (χ2n) is 11.0. The molecule has 0 fully saturated rings. The number of allylic oxidation sites excluding steroid dienone is 7. The first-order valence-corrected chi connectivity index (χ1v) is 13.3. The van der Waals surface area contributed by atoms with Crippen molar-refractivity contribution in [2.45, 2.75) is 64.2 Å². The van der Waals surface area contributed by atoms with Crippen LogP contribution < -0.4 is 10.2 Å². The molecule has 0 aromatic heterocycles. The van der Waals surface area contributed by atoms with E-state index in [0.29, 0.717) is 0 Å². The third-order valence-corrected chi connectivity index (χ3v) is 8.41. The third kappa shape index (κ3) is 5.08. The fraction of sp³-hybridized carbons (Fsp3) is 0.375. The first kappa shape index (κ1) is 25.6. The largest absolute Gasteiger partial charge is 0.347 e. The van der Waals surface area contributed by atoms with Gasteiger partial charge in [0.25, 0.3) is 0 Å². The first-order valence-electron chi connectivity index (χ1n) is 12.9. The molecule has 2 aromatic rings. The van der Waals surface area contributed by atoms with Crippen LogP contribution in [0.1, 0.15) is 64.5 Å². The molecule has 2 nitrogen and oxygen atoms in total. The van der Waals surface area contributed by atoms with E-state index in [1.165, 1.54) is 45.8 Å². The van der Waals surface area contributed by atoms with E-state index in [0.717, 1.165) is 24.2 Å². The second-order valence-corrected chi connectivity index (χ2v) is 11.5. The van der Waals surface area contributed by atoms with Crippen LogP contribution in [0.25, 0.3) is 0 Å². The van der Waals surface area contributed by atoms with Crippen LogP contribution in [0, 0.1) is 0 Å². The van der Waals surface area contributed by atoms with E-state index in [1.807, 2.05) is 0 Å². The van der Waals surface area contributed by atoms with Crippen LogP contribution in [-0.2, 0) is 10.8 Å². The highest BCUT2D eigenvalue weighted by Crippen LogP contribution is 2.47. The molecule has 0 saturated heterocycles. The maximum Gasteiger partial charge on any atom is 0.133 e. The lowest BCUT2D eigenvalue weighted by Crippen LogP contribution is -2.73. The molecular formula is C32H41N2S+. The Bertz CT molecular complexity index is 1210. The molecule has 0 atom stereocenters. The molecule has 2 aliphatic rings. The Morgan fingerprint density at radius 1 is 1.03 bits per heavy atom. The van der Waals surface area contributed by atoms with Crippen molar-refractivity contribution in [1.82, 2.24) is 0 Å². The van der Waals surface area contributed by atoms with Crippen molar-refractivity contribution in [1.29, 1.82) is 0 Å². The van der Waals surface area contributed by atoms with Gasteiger partial charge in [0.2, 0.25) is 0 Å². The number of benzene rings is 2. The van der Waals surface area contributed by atoms with Gasteiger partial charge in [0, 0.05) is 34.3 Å². The number of nitrogens with two attached hydrogens (primary N) is 1. The van der Waals surface area contributed by atoms with Crippen LogP contribution in [0.2, 0.25) is 0 Å². The van der Waals surface area contributed by atoms with Gasteiger partial charge in [0.15, 0.2) is 0 Å². The van der Waals surface area contributed by atoms with Gasteiger partial charge in [0.1, 0.15) is 5.69 Å². The maximum absolute atomic E-state index is 5.00. The van der Waals surface area contributed by atoms with Crippen molar-refractivity contribution >= 4 is 24.0 Å². The number of fused-ring (bicyclic) bond motifs is 1. The summed E-state index contributed by atoms with van der Waals surface area (Å²) >= 11 is 5.00. The minimum Gasteiger partial charge on any atom is -0.347 e. The van der Waals surface area contributed by atoms with E-state index in [9.17, 15) is 0 Å². The summed E-state index contributed by atoms with van der Waals surface area (Å²) in [4.78, 5) is 3.49. The van der Waals surface area contributed by atoms with E-state index in [1.54, 1.807) is 0 Å². The minimum atomic E-state index is -0.00191. The summed E-state index contributed by atoms with van der Waals surface area (Å²) < 4.78 is 0. The number of hydrogen-bond donors (Lipinski definition) is 2. The Kier molecular flexibility index (Phi) is 7.49. The molecule has 0 bridgehead atoms. The van der Waals surface area contributed by atoms with Crippen molar-refractivity contribution in [3.05, 3.63) is 106 Å². The van der Waals surface area contributed by atoms with Gasteiger partial charge in [-0.05, 0) is 66.0 Å². The molecule has 184 valence electrons. The van der Waals surface area contributed by atoms with Crippen molar-refractivity contribution in [2.24, 2.45) is 0 Å². The number of thiol groups is 1. The van der Waals surface area contributed by atoms with Gasteiger partial charge in [-0.25, -0.2) is 0 Å². The molecule has 3 heteroatoms. The summed E-state index contributed by atoms with van der Waals surface area (Å²) in [5.74, 6) is 0. The van der Waals surface area contributed by atoms with Crippen LogP contribution in [0.15, 0.2) is 94.6 Å². The fourth-order valence-corrected chi connectivity index (χ4v) is 6.06. The Hall–Kier alpha value is -2.49. The molecular weight excluding hydrogens is 444 g/mol. The average Bonchev–Trinajstić information content (AvgIpc) is 3.04. The van der Waals surface area contributed by atoms with E-state index in [4.69, 9.17) is 12.6 Å². The molecule has 35 heavy (non-hydrogen) atoms. The Morgan fingerprint density at radius 3 is 2.49 bits per heavy atom. The maximum atomic E-state index is 5.00. The molecule has 1 heterocycles. The first-order chi connectivity index (χ1) is 16.7. The van der Waals surface area contributed by atoms with Crippen molar-refractivity contribution in [2.75, 3.05) is 19.0 Å². The van der Waals surface area contributed by atoms with Crippen LogP contribution in [0.5, 0.6) is 0 Å². The lowest BCUT2D eigenvalue weighted by atomic mass is 9.80. The van der Waals surface area contributed by atoms with E-state index < -0.39 is 0 Å².